The van der Waals surface area contributed by atoms with Crippen LogP contribution in [0.2, 0.25) is 0 Å². The molecule has 1 aliphatic rings. The van der Waals surface area contributed by atoms with Crippen LogP contribution in [-0.2, 0) is 30.2 Å². The maximum Gasteiger partial charge on any atom is 0.416 e. The molecule has 0 aliphatic heterocycles. The Balaban J connectivity index is 1.70. The van der Waals surface area contributed by atoms with Gasteiger partial charge in [-0.05, 0) is 61.4 Å². The van der Waals surface area contributed by atoms with Crippen molar-refractivity contribution in [3.8, 4) is 0 Å². The highest BCUT2D eigenvalue weighted by Gasteiger charge is 2.47. The van der Waals surface area contributed by atoms with Crippen molar-refractivity contribution in [1.29, 1.82) is 0 Å². The minimum absolute atomic E-state index is 0.0551. The van der Waals surface area contributed by atoms with Crippen LogP contribution in [0.3, 0.4) is 0 Å². The number of nitrogens with one attached hydrogen (secondary N) is 2. The van der Waals surface area contributed by atoms with Crippen molar-refractivity contribution in [3.05, 3.63) is 70.3 Å². The van der Waals surface area contributed by atoms with Gasteiger partial charge in [-0.25, -0.2) is 0 Å². The van der Waals surface area contributed by atoms with Crippen molar-refractivity contribution in [2.45, 2.75) is 71.5 Å². The van der Waals surface area contributed by atoms with E-state index in [-0.39, 0.29) is 29.5 Å². The molecule has 0 bridgehead atoms. The van der Waals surface area contributed by atoms with Gasteiger partial charge in [-0.3, -0.25) is 4.79 Å². The number of carbonyl (C=O) groups excluding carboxylic acids is 1. The topological polar surface area (TPSA) is 41.1 Å². The highest BCUT2D eigenvalue weighted by atomic mass is 19.4. The van der Waals surface area contributed by atoms with E-state index < -0.39 is 35.4 Å². The van der Waals surface area contributed by atoms with Crippen molar-refractivity contribution in [2.24, 2.45) is 11.3 Å². The quantitative estimate of drug-likeness (QED) is 0.419. The van der Waals surface area contributed by atoms with Gasteiger partial charge < -0.3 is 10.6 Å². The Morgan fingerprint density at radius 1 is 0.971 bits per heavy atom. The van der Waals surface area contributed by atoms with Crippen molar-refractivity contribution in [3.63, 3.8) is 0 Å². The van der Waals surface area contributed by atoms with E-state index in [9.17, 15) is 31.1 Å². The lowest BCUT2D eigenvalue weighted by Crippen LogP contribution is -2.43. The summed E-state index contributed by atoms with van der Waals surface area (Å²) in [5.74, 6) is -0.404. The van der Waals surface area contributed by atoms with Crippen LogP contribution in [0.5, 0.6) is 0 Å². The van der Waals surface area contributed by atoms with E-state index in [1.165, 1.54) is 0 Å². The molecule has 192 valence electrons. The maximum absolute atomic E-state index is 13.2. The van der Waals surface area contributed by atoms with E-state index in [0.29, 0.717) is 31.5 Å². The third-order valence-corrected chi connectivity index (χ3v) is 6.88. The predicted molar refractivity (Wildman–Crippen MR) is 121 cm³/mol. The fourth-order valence-electron chi connectivity index (χ4n) is 4.81. The zero-order valence-electron chi connectivity index (χ0n) is 19.9. The molecule has 0 unspecified atom stereocenters. The molecule has 2 N–H and O–H groups in total. The van der Waals surface area contributed by atoms with Crippen molar-refractivity contribution in [1.82, 2.24) is 10.6 Å². The molecular weight excluding hydrogens is 470 g/mol. The fraction of sp³-hybridized carbons (Fsp3) is 0.500. The average molecular weight is 501 g/mol. The Morgan fingerprint density at radius 2 is 1.60 bits per heavy atom. The second kappa shape index (κ2) is 10.2. The number of hydrogen-bond donors (Lipinski definition) is 2. The number of carbonyl (C=O) groups is 1. The van der Waals surface area contributed by atoms with E-state index in [2.05, 4.69) is 16.7 Å². The van der Waals surface area contributed by atoms with Crippen LogP contribution in [0, 0.1) is 18.3 Å². The van der Waals surface area contributed by atoms with Gasteiger partial charge in [-0.15, -0.1) is 0 Å². The normalized spacial score (nSPS) is 20.9. The first kappa shape index (κ1) is 27.0. The van der Waals surface area contributed by atoms with Crippen LogP contribution in [0.25, 0.3) is 0 Å². The number of amides is 1. The number of rotatable bonds is 7. The molecule has 2 atom stereocenters. The fourth-order valence-corrected chi connectivity index (χ4v) is 4.81. The molecule has 35 heavy (non-hydrogen) atoms. The molecule has 0 heterocycles. The second-order valence-electron chi connectivity index (χ2n) is 9.72. The monoisotopic (exact) mass is 500 g/mol. The van der Waals surface area contributed by atoms with Crippen molar-refractivity contribution >= 4 is 5.91 Å². The minimum Gasteiger partial charge on any atom is -0.352 e. The number of alkyl halides is 6. The summed E-state index contributed by atoms with van der Waals surface area (Å²) < 4.78 is 78.9. The Kier molecular flexibility index (Phi) is 7.89. The summed E-state index contributed by atoms with van der Waals surface area (Å²) in [7, 11) is 0. The predicted octanol–water partition coefficient (Wildman–Crippen LogP) is 6.63. The Bertz CT molecular complexity index is 1010. The van der Waals surface area contributed by atoms with Crippen LogP contribution >= 0.6 is 0 Å². The molecule has 0 spiro atoms. The summed E-state index contributed by atoms with van der Waals surface area (Å²) in [6.45, 7) is 6.06. The zero-order chi connectivity index (χ0) is 26.0. The number of aryl methyl sites for hydroxylation is 1. The first-order chi connectivity index (χ1) is 16.2. The number of benzene rings is 2. The van der Waals surface area contributed by atoms with Gasteiger partial charge in [0.1, 0.15) is 0 Å². The summed E-state index contributed by atoms with van der Waals surface area (Å²) in [5.41, 5.74) is -1.51. The third kappa shape index (κ3) is 6.57. The highest BCUT2D eigenvalue weighted by molar-refractivity contribution is 5.83. The first-order valence-corrected chi connectivity index (χ1v) is 11.6. The maximum atomic E-state index is 13.2. The third-order valence-electron chi connectivity index (χ3n) is 6.88. The molecule has 3 rings (SSSR count). The van der Waals surface area contributed by atoms with Crippen molar-refractivity contribution < 1.29 is 31.1 Å². The molecule has 0 saturated heterocycles. The van der Waals surface area contributed by atoms with Crippen molar-refractivity contribution in [2.75, 3.05) is 0 Å². The van der Waals surface area contributed by atoms with Crippen LogP contribution < -0.4 is 10.6 Å². The summed E-state index contributed by atoms with van der Waals surface area (Å²) in [6, 6.07) is 9.55. The van der Waals surface area contributed by atoms with Crippen LogP contribution in [-0.4, -0.2) is 11.9 Å². The van der Waals surface area contributed by atoms with E-state index in [0.717, 1.165) is 17.5 Å². The molecule has 2 aromatic carbocycles. The van der Waals surface area contributed by atoms with Gasteiger partial charge in [-0.2, -0.15) is 26.3 Å². The average Bonchev–Trinajstić information content (AvgIpc) is 3.21. The Labute approximate surface area is 201 Å². The van der Waals surface area contributed by atoms with Gasteiger partial charge in [0.15, 0.2) is 0 Å². The SMILES string of the molecule is Cc1cccc(CN[C@@H]2CC[C@@](C(=O)NCc3cc(C(F)(F)F)cc(C(F)(F)F)c3)(C(C)C)C2)c1. The molecule has 1 amide bonds. The van der Waals surface area contributed by atoms with Crippen LogP contribution in [0.15, 0.2) is 42.5 Å². The Hall–Kier alpha value is -2.55. The largest absolute Gasteiger partial charge is 0.416 e. The smallest absolute Gasteiger partial charge is 0.352 e. The minimum atomic E-state index is -4.93. The molecule has 1 fully saturated rings. The van der Waals surface area contributed by atoms with E-state index in [1.54, 1.807) is 0 Å². The highest BCUT2D eigenvalue weighted by Crippen LogP contribution is 2.45. The van der Waals surface area contributed by atoms with E-state index in [1.807, 2.05) is 39.0 Å². The summed E-state index contributed by atoms with van der Waals surface area (Å²) in [5, 5.41) is 6.10. The van der Waals surface area contributed by atoms with Gasteiger partial charge >= 0.3 is 12.4 Å². The lowest BCUT2D eigenvalue weighted by molar-refractivity contribution is -0.143. The summed E-state index contributed by atoms with van der Waals surface area (Å²) in [6.07, 6.45) is -7.99. The molecule has 2 aromatic rings. The standard InChI is InChI=1S/C26H30F6N2O/c1-16(2)24(8-7-22(13-24)33-14-18-6-4-5-17(3)9-18)23(35)34-15-19-10-20(25(27,28)29)12-21(11-19)26(30,31)32/h4-6,9-12,16,22,33H,7-8,13-15H2,1-3H3,(H,34,35)/t22-,24+/m1/s1. The molecular formula is C26H30F6N2O. The van der Waals surface area contributed by atoms with E-state index in [4.69, 9.17) is 0 Å². The van der Waals surface area contributed by atoms with Gasteiger partial charge in [0.2, 0.25) is 5.91 Å². The lowest BCUT2D eigenvalue weighted by Gasteiger charge is -2.32. The first-order valence-electron chi connectivity index (χ1n) is 11.6. The molecule has 0 radical (unpaired) electrons. The molecule has 9 heteroatoms. The molecule has 3 nitrogen and oxygen atoms in total. The summed E-state index contributed by atoms with van der Waals surface area (Å²) >= 11 is 0. The second-order valence-corrected chi connectivity index (χ2v) is 9.72. The Morgan fingerprint density at radius 3 is 2.14 bits per heavy atom. The van der Waals surface area contributed by atoms with Gasteiger partial charge in [0, 0.05) is 19.1 Å². The van der Waals surface area contributed by atoms with Gasteiger partial charge in [0.25, 0.3) is 0 Å². The van der Waals surface area contributed by atoms with Crippen LogP contribution in [0.1, 0.15) is 60.9 Å². The zero-order valence-corrected chi connectivity index (χ0v) is 19.9. The molecule has 1 aliphatic carbocycles. The van der Waals surface area contributed by atoms with Gasteiger partial charge in [0.05, 0.1) is 16.5 Å². The van der Waals surface area contributed by atoms with E-state index >= 15 is 0 Å². The summed E-state index contributed by atoms with van der Waals surface area (Å²) in [4.78, 5) is 13.2. The van der Waals surface area contributed by atoms with Crippen LogP contribution in [0.4, 0.5) is 26.3 Å². The number of halogens is 6. The number of hydrogen-bond acceptors (Lipinski definition) is 2. The van der Waals surface area contributed by atoms with Gasteiger partial charge in [-0.1, -0.05) is 43.7 Å². The molecule has 0 aromatic heterocycles. The lowest BCUT2D eigenvalue weighted by atomic mass is 9.74. The molecule has 1 saturated carbocycles.